The molecule has 0 radical (unpaired) electrons. The van der Waals surface area contributed by atoms with Crippen molar-refractivity contribution in [2.45, 2.75) is 26.2 Å². The van der Waals surface area contributed by atoms with E-state index in [0.717, 1.165) is 39.3 Å². The number of hydrogen-bond donors (Lipinski definition) is 1. The van der Waals surface area contributed by atoms with Gasteiger partial charge in [-0.2, -0.15) is 0 Å². The number of nitrogen functional groups attached to an aromatic ring is 1. The van der Waals surface area contributed by atoms with Gasteiger partial charge in [0, 0.05) is 28.6 Å². The van der Waals surface area contributed by atoms with Crippen LogP contribution in [-0.4, -0.2) is 19.2 Å². The quantitative estimate of drug-likeness (QED) is 0.442. The molecular weight excluding hydrogens is 360 g/mol. The molecule has 1 heterocycles. The normalized spacial score (nSPS) is 11.6. The van der Waals surface area contributed by atoms with Crippen LogP contribution in [0.5, 0.6) is 11.6 Å². The van der Waals surface area contributed by atoms with E-state index in [1.165, 1.54) is 0 Å². The zero-order valence-electron chi connectivity index (χ0n) is 17.7. The van der Waals surface area contributed by atoms with E-state index in [4.69, 9.17) is 15.2 Å². The van der Waals surface area contributed by atoms with Crippen LogP contribution in [-0.2, 0) is 5.41 Å². The highest BCUT2D eigenvalue weighted by atomic mass is 16.5. The van der Waals surface area contributed by atoms with E-state index in [-0.39, 0.29) is 5.41 Å². The number of nitrogens with two attached hydrogens (primary N) is 1. The maximum atomic E-state index is 5.84. The van der Waals surface area contributed by atoms with Crippen molar-refractivity contribution in [1.29, 1.82) is 0 Å². The third-order valence-electron chi connectivity index (χ3n) is 4.80. The van der Waals surface area contributed by atoms with Gasteiger partial charge in [-0.15, -0.1) is 0 Å². The standard InChI is InChI=1S/C25H28N2O2/c1-25(2,3)22-16-19(21-7-6-14-27-24(21)29-5)15-18(23(22)28-4)11-8-17-9-12-20(26)13-10-17/h6-16H,26H2,1-5H3/b11-8+. The fraction of sp³-hybridized carbons (Fsp3) is 0.240. The van der Waals surface area contributed by atoms with Gasteiger partial charge in [0.25, 0.3) is 0 Å². The zero-order valence-corrected chi connectivity index (χ0v) is 17.7. The molecule has 3 aromatic rings. The van der Waals surface area contributed by atoms with Crippen molar-refractivity contribution in [1.82, 2.24) is 4.98 Å². The predicted molar refractivity (Wildman–Crippen MR) is 121 cm³/mol. The molecule has 0 fully saturated rings. The van der Waals surface area contributed by atoms with Crippen molar-refractivity contribution in [2.75, 3.05) is 20.0 Å². The summed E-state index contributed by atoms with van der Waals surface area (Å²) < 4.78 is 11.3. The number of aromatic nitrogens is 1. The number of pyridine rings is 1. The van der Waals surface area contributed by atoms with Crippen molar-refractivity contribution < 1.29 is 9.47 Å². The molecule has 0 aliphatic carbocycles. The molecule has 0 saturated carbocycles. The Morgan fingerprint density at radius 2 is 1.66 bits per heavy atom. The second-order valence-corrected chi connectivity index (χ2v) is 7.96. The molecular formula is C25H28N2O2. The predicted octanol–water partition coefficient (Wildman–Crippen LogP) is 5.82. The first kappa shape index (κ1) is 20.5. The number of nitrogens with zero attached hydrogens (tertiary/aromatic N) is 1. The van der Waals surface area contributed by atoms with E-state index in [1.807, 2.05) is 36.4 Å². The summed E-state index contributed by atoms with van der Waals surface area (Å²) in [5, 5.41) is 0. The van der Waals surface area contributed by atoms with Gasteiger partial charge in [0.1, 0.15) is 5.75 Å². The summed E-state index contributed by atoms with van der Waals surface area (Å²) in [6.07, 6.45) is 5.87. The Bertz CT molecular complexity index is 1020. The Kier molecular flexibility index (Phi) is 5.92. The largest absolute Gasteiger partial charge is 0.496 e. The molecule has 3 rings (SSSR count). The van der Waals surface area contributed by atoms with Gasteiger partial charge >= 0.3 is 0 Å². The monoisotopic (exact) mass is 388 g/mol. The summed E-state index contributed by atoms with van der Waals surface area (Å²) in [7, 11) is 3.36. The Morgan fingerprint density at radius 1 is 0.931 bits per heavy atom. The lowest BCUT2D eigenvalue weighted by Gasteiger charge is -2.25. The highest BCUT2D eigenvalue weighted by molar-refractivity contribution is 5.80. The summed E-state index contributed by atoms with van der Waals surface area (Å²) in [5.74, 6) is 1.47. The lowest BCUT2D eigenvalue weighted by molar-refractivity contribution is 0.396. The van der Waals surface area contributed by atoms with Crippen LogP contribution in [0.4, 0.5) is 5.69 Å². The Labute approximate surface area is 173 Å². The van der Waals surface area contributed by atoms with E-state index in [2.05, 4.69) is 50.0 Å². The Morgan fingerprint density at radius 3 is 2.28 bits per heavy atom. The Hall–Kier alpha value is -3.27. The third-order valence-corrected chi connectivity index (χ3v) is 4.80. The van der Waals surface area contributed by atoms with Crippen molar-refractivity contribution >= 4 is 17.8 Å². The topological polar surface area (TPSA) is 57.4 Å². The first-order valence-corrected chi connectivity index (χ1v) is 9.59. The van der Waals surface area contributed by atoms with E-state index in [1.54, 1.807) is 20.4 Å². The second kappa shape index (κ2) is 8.39. The molecule has 0 aliphatic heterocycles. The van der Waals surface area contributed by atoms with Crippen molar-refractivity contribution in [3.63, 3.8) is 0 Å². The van der Waals surface area contributed by atoms with Crippen LogP contribution in [0.25, 0.3) is 23.3 Å². The van der Waals surface area contributed by atoms with E-state index >= 15 is 0 Å². The molecule has 1 aromatic heterocycles. The summed E-state index contributed by atoms with van der Waals surface area (Å²) in [4.78, 5) is 4.36. The van der Waals surface area contributed by atoms with Crippen LogP contribution >= 0.6 is 0 Å². The maximum Gasteiger partial charge on any atom is 0.221 e. The minimum absolute atomic E-state index is 0.0966. The summed E-state index contributed by atoms with van der Waals surface area (Å²) in [6.45, 7) is 6.55. The van der Waals surface area contributed by atoms with Gasteiger partial charge in [-0.25, -0.2) is 4.98 Å². The van der Waals surface area contributed by atoms with Gasteiger partial charge in [0.05, 0.1) is 14.2 Å². The highest BCUT2D eigenvalue weighted by Crippen LogP contribution is 2.40. The number of methoxy groups -OCH3 is 2. The zero-order chi connectivity index (χ0) is 21.0. The lowest BCUT2D eigenvalue weighted by Crippen LogP contribution is -2.14. The smallest absolute Gasteiger partial charge is 0.221 e. The second-order valence-electron chi connectivity index (χ2n) is 7.96. The average molecular weight is 389 g/mol. The van der Waals surface area contributed by atoms with Crippen LogP contribution in [0.1, 0.15) is 37.5 Å². The van der Waals surface area contributed by atoms with Crippen molar-refractivity contribution in [2.24, 2.45) is 0 Å². The van der Waals surface area contributed by atoms with Crippen LogP contribution in [0, 0.1) is 0 Å². The molecule has 0 amide bonds. The van der Waals surface area contributed by atoms with Gasteiger partial charge < -0.3 is 15.2 Å². The number of ether oxygens (including phenoxy) is 2. The van der Waals surface area contributed by atoms with Gasteiger partial charge in [-0.3, -0.25) is 0 Å². The van der Waals surface area contributed by atoms with Crippen molar-refractivity contribution in [3.8, 4) is 22.8 Å². The molecule has 0 unspecified atom stereocenters. The number of rotatable bonds is 5. The summed E-state index contributed by atoms with van der Waals surface area (Å²) >= 11 is 0. The molecule has 0 spiro atoms. The van der Waals surface area contributed by atoms with Gasteiger partial charge in [0.15, 0.2) is 0 Å². The van der Waals surface area contributed by atoms with Crippen LogP contribution in [0.3, 0.4) is 0 Å². The SMILES string of the molecule is COc1ncccc1-c1cc(/C=C/c2ccc(N)cc2)c(OC)c(C(C)(C)C)c1. The lowest BCUT2D eigenvalue weighted by atomic mass is 9.83. The number of benzene rings is 2. The minimum atomic E-state index is -0.0966. The molecule has 0 aliphatic rings. The van der Waals surface area contributed by atoms with Crippen molar-refractivity contribution in [3.05, 3.63) is 71.4 Å². The molecule has 4 nitrogen and oxygen atoms in total. The van der Waals surface area contributed by atoms with Crippen LogP contribution < -0.4 is 15.2 Å². The maximum absolute atomic E-state index is 5.84. The molecule has 150 valence electrons. The van der Waals surface area contributed by atoms with Crippen LogP contribution in [0.2, 0.25) is 0 Å². The highest BCUT2D eigenvalue weighted by Gasteiger charge is 2.23. The molecule has 0 bridgehead atoms. The molecule has 2 aromatic carbocycles. The van der Waals surface area contributed by atoms with E-state index < -0.39 is 0 Å². The van der Waals surface area contributed by atoms with E-state index in [0.29, 0.717) is 5.88 Å². The molecule has 0 atom stereocenters. The molecule has 0 saturated heterocycles. The summed E-state index contributed by atoms with van der Waals surface area (Å²) in [5.41, 5.74) is 11.6. The Balaban J connectivity index is 2.19. The fourth-order valence-corrected chi connectivity index (χ4v) is 3.28. The summed E-state index contributed by atoms with van der Waals surface area (Å²) in [6, 6.07) is 16.0. The van der Waals surface area contributed by atoms with Gasteiger partial charge in [0.2, 0.25) is 5.88 Å². The first-order valence-electron chi connectivity index (χ1n) is 9.59. The molecule has 4 heteroatoms. The fourth-order valence-electron chi connectivity index (χ4n) is 3.28. The minimum Gasteiger partial charge on any atom is -0.496 e. The average Bonchev–Trinajstić information content (AvgIpc) is 2.72. The van der Waals surface area contributed by atoms with Crippen LogP contribution in [0.15, 0.2) is 54.7 Å². The molecule has 2 N–H and O–H groups in total. The van der Waals surface area contributed by atoms with Gasteiger partial charge in [-0.1, -0.05) is 45.1 Å². The third kappa shape index (κ3) is 4.60. The van der Waals surface area contributed by atoms with E-state index in [9.17, 15) is 0 Å². The molecule has 29 heavy (non-hydrogen) atoms. The number of anilines is 1. The number of hydrogen-bond acceptors (Lipinski definition) is 4. The first-order chi connectivity index (χ1) is 13.8. The van der Waals surface area contributed by atoms with Gasteiger partial charge in [-0.05, 0) is 52.9 Å².